The van der Waals surface area contributed by atoms with E-state index < -0.39 is 23.4 Å². The summed E-state index contributed by atoms with van der Waals surface area (Å²) in [4.78, 5) is 11.7. The van der Waals surface area contributed by atoms with Crippen molar-refractivity contribution in [3.63, 3.8) is 0 Å². The topological polar surface area (TPSA) is 54.3 Å². The Morgan fingerprint density at radius 3 is 2.67 bits per heavy atom. The Balaban J connectivity index is 1.91. The third-order valence-corrected chi connectivity index (χ3v) is 2.82. The summed E-state index contributed by atoms with van der Waals surface area (Å²) in [7, 11) is 0. The van der Waals surface area contributed by atoms with E-state index in [2.05, 4.69) is 10.6 Å². The molecule has 2 aromatic rings. The molecule has 0 aliphatic carbocycles. The van der Waals surface area contributed by atoms with Crippen molar-refractivity contribution < 1.29 is 22.4 Å². The zero-order valence-electron chi connectivity index (χ0n) is 11.1. The first-order valence-electron chi connectivity index (χ1n) is 6.19. The van der Waals surface area contributed by atoms with Crippen molar-refractivity contribution in [2.45, 2.75) is 13.0 Å². The lowest BCUT2D eigenvalue weighted by Crippen LogP contribution is -2.32. The zero-order chi connectivity index (χ0) is 15.4. The van der Waals surface area contributed by atoms with E-state index >= 15 is 0 Å². The number of furan rings is 1. The van der Waals surface area contributed by atoms with Crippen LogP contribution in [-0.2, 0) is 4.79 Å². The fourth-order valence-corrected chi connectivity index (χ4v) is 1.74. The fraction of sp³-hybridized carbons (Fsp3) is 0.214. The van der Waals surface area contributed by atoms with Gasteiger partial charge in [0.25, 0.3) is 0 Å². The molecule has 0 saturated heterocycles. The van der Waals surface area contributed by atoms with Crippen molar-refractivity contribution in [3.8, 4) is 0 Å². The van der Waals surface area contributed by atoms with Gasteiger partial charge in [-0.25, -0.2) is 13.2 Å². The van der Waals surface area contributed by atoms with E-state index in [1.165, 1.54) is 6.26 Å². The van der Waals surface area contributed by atoms with Gasteiger partial charge in [-0.05, 0) is 31.2 Å². The molecule has 21 heavy (non-hydrogen) atoms. The van der Waals surface area contributed by atoms with Gasteiger partial charge in [-0.15, -0.1) is 0 Å². The molecule has 2 N–H and O–H groups in total. The van der Waals surface area contributed by atoms with Crippen LogP contribution in [0.1, 0.15) is 18.7 Å². The highest BCUT2D eigenvalue weighted by Crippen LogP contribution is 2.19. The third-order valence-electron chi connectivity index (χ3n) is 2.82. The van der Waals surface area contributed by atoms with Crippen molar-refractivity contribution in [3.05, 3.63) is 53.7 Å². The van der Waals surface area contributed by atoms with Crippen LogP contribution in [0.2, 0.25) is 0 Å². The molecule has 1 aromatic carbocycles. The maximum absolute atomic E-state index is 13.4. The van der Waals surface area contributed by atoms with Crippen LogP contribution in [0.15, 0.2) is 34.9 Å². The Labute approximate surface area is 119 Å². The molecule has 1 amide bonds. The van der Waals surface area contributed by atoms with Crippen LogP contribution in [0.3, 0.4) is 0 Å². The van der Waals surface area contributed by atoms with E-state index in [9.17, 15) is 18.0 Å². The largest absolute Gasteiger partial charge is 0.467 e. The predicted octanol–water partition coefficient (Wildman–Crippen LogP) is 2.99. The summed E-state index contributed by atoms with van der Waals surface area (Å²) < 4.78 is 44.3. The molecule has 1 unspecified atom stereocenters. The number of rotatable bonds is 5. The van der Waals surface area contributed by atoms with E-state index in [4.69, 9.17) is 4.42 Å². The smallest absolute Gasteiger partial charge is 0.239 e. The minimum atomic E-state index is -1.58. The Kier molecular flexibility index (Phi) is 4.52. The standard InChI is InChI=1S/C14H13F3N2O2/c1-8(11-3-2-6-21-11)19-12(20)7-18-10-5-4-9(15)13(16)14(10)17/h2-6,8,18H,7H2,1H3,(H,19,20). The molecule has 2 rings (SSSR count). The summed E-state index contributed by atoms with van der Waals surface area (Å²) in [5, 5.41) is 5.02. The van der Waals surface area contributed by atoms with Crippen molar-refractivity contribution in [2.24, 2.45) is 0 Å². The third kappa shape index (κ3) is 3.56. The van der Waals surface area contributed by atoms with Crippen molar-refractivity contribution >= 4 is 11.6 Å². The SMILES string of the molecule is CC(NC(=O)CNc1ccc(F)c(F)c1F)c1ccco1. The number of anilines is 1. The molecule has 7 heteroatoms. The molecule has 0 radical (unpaired) electrons. The number of hydrogen-bond donors (Lipinski definition) is 2. The summed E-state index contributed by atoms with van der Waals surface area (Å²) >= 11 is 0. The number of amides is 1. The molecule has 1 heterocycles. The Morgan fingerprint density at radius 2 is 2.00 bits per heavy atom. The summed E-state index contributed by atoms with van der Waals surface area (Å²) in [5.74, 6) is -4.09. The van der Waals surface area contributed by atoms with Gasteiger partial charge in [0.05, 0.1) is 24.5 Å². The molecule has 4 nitrogen and oxygen atoms in total. The highest BCUT2D eigenvalue weighted by atomic mass is 19.2. The quantitative estimate of drug-likeness (QED) is 0.834. The maximum Gasteiger partial charge on any atom is 0.239 e. The lowest BCUT2D eigenvalue weighted by atomic mass is 10.2. The van der Waals surface area contributed by atoms with Crippen LogP contribution in [-0.4, -0.2) is 12.5 Å². The van der Waals surface area contributed by atoms with Crippen molar-refractivity contribution in [2.75, 3.05) is 11.9 Å². The molecule has 0 bridgehead atoms. The lowest BCUT2D eigenvalue weighted by Gasteiger charge is -2.13. The summed E-state index contributed by atoms with van der Waals surface area (Å²) in [6.07, 6.45) is 1.48. The van der Waals surface area contributed by atoms with Crippen molar-refractivity contribution in [1.29, 1.82) is 0 Å². The van der Waals surface area contributed by atoms with Crippen molar-refractivity contribution in [1.82, 2.24) is 5.32 Å². The first-order valence-corrected chi connectivity index (χ1v) is 6.19. The van der Waals surface area contributed by atoms with E-state index in [0.29, 0.717) is 5.76 Å². The Hall–Kier alpha value is -2.44. The van der Waals surface area contributed by atoms with Gasteiger partial charge in [0, 0.05) is 0 Å². The minimum Gasteiger partial charge on any atom is -0.467 e. The van der Waals surface area contributed by atoms with Crippen LogP contribution in [0, 0.1) is 17.5 Å². The van der Waals surface area contributed by atoms with E-state index in [-0.39, 0.29) is 18.3 Å². The van der Waals surface area contributed by atoms with Gasteiger partial charge in [0.1, 0.15) is 5.76 Å². The van der Waals surface area contributed by atoms with Gasteiger partial charge < -0.3 is 15.1 Å². The van der Waals surface area contributed by atoms with Crippen LogP contribution >= 0.6 is 0 Å². The van der Waals surface area contributed by atoms with Crippen LogP contribution in [0.4, 0.5) is 18.9 Å². The number of carbonyl (C=O) groups excluding carboxylic acids is 1. The summed E-state index contributed by atoms with van der Waals surface area (Å²) in [5.41, 5.74) is -0.283. The second kappa shape index (κ2) is 6.34. The van der Waals surface area contributed by atoms with Gasteiger partial charge >= 0.3 is 0 Å². The summed E-state index contributed by atoms with van der Waals surface area (Å²) in [6.45, 7) is 1.43. The second-order valence-electron chi connectivity index (χ2n) is 4.38. The molecule has 0 aliphatic rings. The average Bonchev–Trinajstić information content (AvgIpc) is 2.98. The molecule has 1 aromatic heterocycles. The highest BCUT2D eigenvalue weighted by Gasteiger charge is 2.15. The maximum atomic E-state index is 13.4. The number of nitrogens with one attached hydrogen (secondary N) is 2. The van der Waals surface area contributed by atoms with Crippen LogP contribution in [0.25, 0.3) is 0 Å². The lowest BCUT2D eigenvalue weighted by molar-refractivity contribution is -0.120. The first kappa shape index (κ1) is 15.0. The van der Waals surface area contributed by atoms with E-state index in [0.717, 1.165) is 12.1 Å². The van der Waals surface area contributed by atoms with E-state index in [1.807, 2.05) is 0 Å². The molecule has 0 saturated carbocycles. The fourth-order valence-electron chi connectivity index (χ4n) is 1.74. The monoisotopic (exact) mass is 298 g/mol. The number of halogens is 3. The summed E-state index contributed by atoms with van der Waals surface area (Å²) in [6, 6.07) is 4.84. The molecule has 0 fully saturated rings. The highest BCUT2D eigenvalue weighted by molar-refractivity contribution is 5.81. The molecule has 1 atom stereocenters. The second-order valence-corrected chi connectivity index (χ2v) is 4.38. The van der Waals surface area contributed by atoms with Gasteiger partial charge in [-0.2, -0.15) is 0 Å². The first-order chi connectivity index (χ1) is 9.99. The molecule has 0 aliphatic heterocycles. The molecule has 112 valence electrons. The van der Waals surface area contributed by atoms with Gasteiger partial charge in [-0.3, -0.25) is 4.79 Å². The normalized spacial score (nSPS) is 12.0. The number of hydrogen-bond acceptors (Lipinski definition) is 3. The minimum absolute atomic E-state index is 0.283. The van der Waals surface area contributed by atoms with Gasteiger partial charge in [0.15, 0.2) is 17.5 Å². The number of benzene rings is 1. The van der Waals surface area contributed by atoms with E-state index in [1.54, 1.807) is 19.1 Å². The zero-order valence-corrected chi connectivity index (χ0v) is 11.1. The van der Waals surface area contributed by atoms with Crippen LogP contribution < -0.4 is 10.6 Å². The number of carbonyl (C=O) groups is 1. The molecule has 0 spiro atoms. The van der Waals surface area contributed by atoms with Gasteiger partial charge in [-0.1, -0.05) is 0 Å². The molecular formula is C14H13F3N2O2. The Bertz CT molecular complexity index is 629. The predicted molar refractivity (Wildman–Crippen MR) is 70.1 cm³/mol. The van der Waals surface area contributed by atoms with Crippen LogP contribution in [0.5, 0.6) is 0 Å². The van der Waals surface area contributed by atoms with Gasteiger partial charge in [0.2, 0.25) is 5.91 Å². The molecular weight excluding hydrogens is 285 g/mol. The Morgan fingerprint density at radius 1 is 1.24 bits per heavy atom. The average molecular weight is 298 g/mol.